The van der Waals surface area contributed by atoms with Gasteiger partial charge < -0.3 is 5.32 Å². The SMILES string of the molecule is Cl.O=S(=O)(CC1CCNCC1)c1ccc(C(F)(F)F)cc1. The summed E-state index contributed by atoms with van der Waals surface area (Å²) in [5, 5.41) is 3.14. The Balaban J connectivity index is 0.00000220. The molecule has 0 aliphatic carbocycles. The van der Waals surface area contributed by atoms with Gasteiger partial charge in [0.15, 0.2) is 9.84 Å². The van der Waals surface area contributed by atoms with Gasteiger partial charge in [-0.05, 0) is 56.1 Å². The van der Waals surface area contributed by atoms with E-state index in [0.717, 1.165) is 50.2 Å². The van der Waals surface area contributed by atoms with E-state index in [1.165, 1.54) is 0 Å². The minimum Gasteiger partial charge on any atom is -0.317 e. The Morgan fingerprint density at radius 1 is 1.10 bits per heavy atom. The quantitative estimate of drug-likeness (QED) is 0.918. The fraction of sp³-hybridized carbons (Fsp3) is 0.538. The molecule has 0 saturated carbocycles. The highest BCUT2D eigenvalue weighted by atomic mass is 35.5. The zero-order valence-electron chi connectivity index (χ0n) is 11.2. The molecule has 1 fully saturated rings. The lowest BCUT2D eigenvalue weighted by molar-refractivity contribution is -0.137. The maximum Gasteiger partial charge on any atom is 0.416 e. The number of alkyl halides is 3. The van der Waals surface area contributed by atoms with Gasteiger partial charge in [-0.15, -0.1) is 12.4 Å². The summed E-state index contributed by atoms with van der Waals surface area (Å²) in [6.07, 6.45) is -2.89. The van der Waals surface area contributed by atoms with Crippen LogP contribution in [0.25, 0.3) is 0 Å². The lowest BCUT2D eigenvalue weighted by Crippen LogP contribution is -2.31. The Hall–Kier alpha value is -0.790. The monoisotopic (exact) mass is 343 g/mol. The van der Waals surface area contributed by atoms with Crippen molar-refractivity contribution in [2.75, 3.05) is 18.8 Å². The molecule has 0 bridgehead atoms. The van der Waals surface area contributed by atoms with Crippen LogP contribution in [0.15, 0.2) is 29.2 Å². The van der Waals surface area contributed by atoms with Crippen LogP contribution in [0.3, 0.4) is 0 Å². The first-order chi connectivity index (χ1) is 9.29. The fourth-order valence-electron chi connectivity index (χ4n) is 2.31. The molecule has 3 nitrogen and oxygen atoms in total. The molecular weight excluding hydrogens is 327 g/mol. The van der Waals surface area contributed by atoms with Crippen LogP contribution in [-0.4, -0.2) is 27.3 Å². The summed E-state index contributed by atoms with van der Waals surface area (Å²) >= 11 is 0. The van der Waals surface area contributed by atoms with Crippen LogP contribution in [0.5, 0.6) is 0 Å². The van der Waals surface area contributed by atoms with Crippen molar-refractivity contribution in [1.82, 2.24) is 5.32 Å². The van der Waals surface area contributed by atoms with E-state index in [-0.39, 0.29) is 29.0 Å². The maximum atomic E-state index is 12.4. The topological polar surface area (TPSA) is 46.2 Å². The first-order valence-electron chi connectivity index (χ1n) is 6.40. The van der Waals surface area contributed by atoms with Gasteiger partial charge in [0.1, 0.15) is 0 Å². The van der Waals surface area contributed by atoms with E-state index in [4.69, 9.17) is 0 Å². The van der Waals surface area contributed by atoms with Crippen molar-refractivity contribution >= 4 is 22.2 Å². The van der Waals surface area contributed by atoms with E-state index in [2.05, 4.69) is 5.32 Å². The number of benzene rings is 1. The van der Waals surface area contributed by atoms with Gasteiger partial charge in [-0.2, -0.15) is 13.2 Å². The summed E-state index contributed by atoms with van der Waals surface area (Å²) in [7, 11) is -3.52. The Labute approximate surface area is 128 Å². The van der Waals surface area contributed by atoms with Crippen LogP contribution in [0, 0.1) is 5.92 Å². The molecule has 8 heteroatoms. The zero-order valence-corrected chi connectivity index (χ0v) is 12.8. The number of rotatable bonds is 3. The lowest BCUT2D eigenvalue weighted by Gasteiger charge is -2.22. The summed E-state index contributed by atoms with van der Waals surface area (Å²) in [6.45, 7) is 1.57. The Kier molecular flexibility index (Phi) is 6.07. The second-order valence-electron chi connectivity index (χ2n) is 5.00. The van der Waals surface area contributed by atoms with Crippen molar-refractivity contribution in [3.63, 3.8) is 0 Å². The summed E-state index contributed by atoms with van der Waals surface area (Å²) < 4.78 is 61.6. The van der Waals surface area contributed by atoms with Gasteiger partial charge in [0.05, 0.1) is 16.2 Å². The predicted molar refractivity (Wildman–Crippen MR) is 76.3 cm³/mol. The molecule has 0 aromatic heterocycles. The van der Waals surface area contributed by atoms with E-state index in [9.17, 15) is 21.6 Å². The van der Waals surface area contributed by atoms with Crippen molar-refractivity contribution in [1.29, 1.82) is 0 Å². The third-order valence-corrected chi connectivity index (χ3v) is 5.36. The van der Waals surface area contributed by atoms with Gasteiger partial charge in [-0.3, -0.25) is 0 Å². The molecule has 120 valence electrons. The zero-order chi connectivity index (χ0) is 14.8. The van der Waals surface area contributed by atoms with Crippen molar-refractivity contribution in [3.05, 3.63) is 29.8 Å². The van der Waals surface area contributed by atoms with E-state index < -0.39 is 21.6 Å². The molecule has 0 atom stereocenters. The Morgan fingerprint density at radius 3 is 2.10 bits per heavy atom. The van der Waals surface area contributed by atoms with Gasteiger partial charge in [-0.25, -0.2) is 8.42 Å². The Morgan fingerprint density at radius 2 is 1.62 bits per heavy atom. The van der Waals surface area contributed by atoms with E-state index in [1.807, 2.05) is 0 Å². The molecule has 0 spiro atoms. The van der Waals surface area contributed by atoms with Gasteiger partial charge >= 0.3 is 6.18 Å². The van der Waals surface area contributed by atoms with Crippen molar-refractivity contribution in [2.24, 2.45) is 5.92 Å². The normalized spacial score (nSPS) is 17.3. The first-order valence-corrected chi connectivity index (χ1v) is 8.05. The lowest BCUT2D eigenvalue weighted by atomic mass is 10.0. The van der Waals surface area contributed by atoms with Crippen LogP contribution in [0.1, 0.15) is 18.4 Å². The standard InChI is InChI=1S/C13H16F3NO2S.ClH/c14-13(15,16)11-1-3-12(4-2-11)20(18,19)9-10-5-7-17-8-6-10;/h1-4,10,17H,5-9H2;1H. The van der Waals surface area contributed by atoms with Gasteiger partial charge in [-0.1, -0.05) is 0 Å². The predicted octanol–water partition coefficient (Wildman–Crippen LogP) is 2.90. The molecule has 1 N–H and O–H groups in total. The van der Waals surface area contributed by atoms with Gasteiger partial charge in [0.25, 0.3) is 0 Å². The molecule has 0 unspecified atom stereocenters. The third kappa shape index (κ3) is 4.86. The molecule has 1 saturated heterocycles. The van der Waals surface area contributed by atoms with Crippen LogP contribution in [-0.2, 0) is 16.0 Å². The molecule has 21 heavy (non-hydrogen) atoms. The molecule has 1 aromatic rings. The summed E-state index contributed by atoms with van der Waals surface area (Å²) in [5.41, 5.74) is -0.835. The smallest absolute Gasteiger partial charge is 0.317 e. The number of nitrogens with one attached hydrogen (secondary N) is 1. The second kappa shape index (κ2) is 6.98. The summed E-state index contributed by atoms with van der Waals surface area (Å²) in [4.78, 5) is -0.0379. The van der Waals surface area contributed by atoms with Crippen LogP contribution in [0.2, 0.25) is 0 Å². The molecule has 0 amide bonds. The number of hydrogen-bond donors (Lipinski definition) is 1. The first kappa shape index (κ1) is 18.3. The second-order valence-corrected chi connectivity index (χ2v) is 7.03. The minimum atomic E-state index is -4.45. The molecule has 0 radical (unpaired) electrons. The maximum absolute atomic E-state index is 12.4. The molecule has 1 aliphatic heterocycles. The number of halogens is 4. The number of hydrogen-bond acceptors (Lipinski definition) is 3. The van der Waals surface area contributed by atoms with Gasteiger partial charge in [0, 0.05) is 0 Å². The molecule has 1 heterocycles. The molecule has 2 rings (SSSR count). The third-order valence-electron chi connectivity index (χ3n) is 3.45. The molecular formula is C13H17ClF3NO2S. The van der Waals surface area contributed by atoms with Crippen LogP contribution < -0.4 is 5.32 Å². The van der Waals surface area contributed by atoms with Crippen LogP contribution >= 0.6 is 12.4 Å². The average molecular weight is 344 g/mol. The number of piperidine rings is 1. The molecule has 1 aromatic carbocycles. The minimum absolute atomic E-state index is 0. The average Bonchev–Trinajstić information content (AvgIpc) is 2.38. The van der Waals surface area contributed by atoms with Gasteiger partial charge in [0.2, 0.25) is 0 Å². The summed E-state index contributed by atoms with van der Waals surface area (Å²) in [5.74, 6) is 0.0728. The molecule has 1 aliphatic rings. The van der Waals surface area contributed by atoms with Crippen molar-refractivity contribution in [3.8, 4) is 0 Å². The number of sulfone groups is 1. The highest BCUT2D eigenvalue weighted by molar-refractivity contribution is 7.91. The Bertz CT molecular complexity index is 552. The van der Waals surface area contributed by atoms with E-state index >= 15 is 0 Å². The van der Waals surface area contributed by atoms with Crippen LogP contribution in [0.4, 0.5) is 13.2 Å². The van der Waals surface area contributed by atoms with Crippen molar-refractivity contribution < 1.29 is 21.6 Å². The van der Waals surface area contributed by atoms with E-state index in [0.29, 0.717) is 0 Å². The fourth-order valence-corrected chi connectivity index (χ4v) is 4.00. The summed E-state index contributed by atoms with van der Waals surface area (Å²) in [6, 6.07) is 3.71. The highest BCUT2D eigenvalue weighted by Gasteiger charge is 2.31. The van der Waals surface area contributed by atoms with E-state index in [1.54, 1.807) is 0 Å². The van der Waals surface area contributed by atoms with Crippen molar-refractivity contribution in [2.45, 2.75) is 23.9 Å². The highest BCUT2D eigenvalue weighted by Crippen LogP contribution is 2.30. The largest absolute Gasteiger partial charge is 0.416 e.